The summed E-state index contributed by atoms with van der Waals surface area (Å²) in [6.07, 6.45) is 1.97. The zero-order valence-corrected chi connectivity index (χ0v) is 12.4. The number of thiophene rings is 1. The van der Waals surface area contributed by atoms with Crippen LogP contribution in [0.5, 0.6) is 0 Å². The first-order valence-electron chi connectivity index (χ1n) is 6.50. The molecule has 1 aliphatic carbocycles. The van der Waals surface area contributed by atoms with Gasteiger partial charge < -0.3 is 4.90 Å². The molecule has 1 nitrogen and oxygen atoms in total. The molecule has 1 aliphatic rings. The van der Waals surface area contributed by atoms with Crippen LogP contribution in [0.4, 0.5) is 14.5 Å². The van der Waals surface area contributed by atoms with E-state index in [0.717, 1.165) is 18.4 Å². The van der Waals surface area contributed by atoms with Crippen molar-refractivity contribution in [3.05, 3.63) is 51.7 Å². The summed E-state index contributed by atoms with van der Waals surface area (Å²) in [6.45, 7) is 0.544. The molecule has 3 rings (SSSR count). The van der Waals surface area contributed by atoms with Crippen molar-refractivity contribution in [2.75, 3.05) is 4.90 Å². The van der Waals surface area contributed by atoms with E-state index in [4.69, 9.17) is 11.6 Å². The summed E-state index contributed by atoms with van der Waals surface area (Å²) in [5, 5.41) is 3.99. The highest BCUT2D eigenvalue weighted by Gasteiger charge is 2.32. The molecule has 0 radical (unpaired) electrons. The molecular weight excluding hydrogens is 300 g/mol. The van der Waals surface area contributed by atoms with Crippen molar-refractivity contribution in [1.29, 1.82) is 0 Å². The molecule has 0 saturated heterocycles. The molecule has 1 fully saturated rings. The highest BCUT2D eigenvalue weighted by atomic mass is 35.5. The first-order chi connectivity index (χ1) is 9.69. The first-order valence-corrected chi connectivity index (χ1v) is 7.98. The highest BCUT2D eigenvalue weighted by Crippen LogP contribution is 2.36. The van der Waals surface area contributed by atoms with E-state index in [1.165, 1.54) is 12.1 Å². The lowest BCUT2D eigenvalue weighted by atomic mass is 10.1. The summed E-state index contributed by atoms with van der Waals surface area (Å²) in [5.74, 6) is -0.937. The lowest BCUT2D eigenvalue weighted by Crippen LogP contribution is -2.27. The molecule has 5 heteroatoms. The van der Waals surface area contributed by atoms with E-state index in [2.05, 4.69) is 0 Å². The van der Waals surface area contributed by atoms with E-state index in [1.807, 2.05) is 21.7 Å². The van der Waals surface area contributed by atoms with Crippen molar-refractivity contribution in [3.63, 3.8) is 0 Å². The predicted octanol–water partition coefficient (Wildman–Crippen LogP) is 4.93. The lowest BCUT2D eigenvalue weighted by molar-refractivity contribution is 0.566. The van der Waals surface area contributed by atoms with E-state index in [9.17, 15) is 8.78 Å². The van der Waals surface area contributed by atoms with Gasteiger partial charge in [0.25, 0.3) is 0 Å². The third-order valence-electron chi connectivity index (χ3n) is 3.44. The Balaban J connectivity index is 1.95. The summed E-state index contributed by atoms with van der Waals surface area (Å²) in [7, 11) is 0. The van der Waals surface area contributed by atoms with Gasteiger partial charge >= 0.3 is 0 Å². The van der Waals surface area contributed by atoms with Gasteiger partial charge in [-0.1, -0.05) is 0 Å². The van der Waals surface area contributed by atoms with Gasteiger partial charge in [-0.25, -0.2) is 8.78 Å². The van der Waals surface area contributed by atoms with Crippen molar-refractivity contribution in [3.8, 4) is 0 Å². The summed E-state index contributed by atoms with van der Waals surface area (Å²) in [4.78, 5) is 1.84. The number of nitrogens with zero attached hydrogens (tertiary/aromatic N) is 1. The number of rotatable bonds is 5. The van der Waals surface area contributed by atoms with Gasteiger partial charge in [-0.3, -0.25) is 0 Å². The summed E-state index contributed by atoms with van der Waals surface area (Å²) >= 11 is 7.24. The van der Waals surface area contributed by atoms with Crippen molar-refractivity contribution >= 4 is 28.6 Å². The van der Waals surface area contributed by atoms with Gasteiger partial charge in [0.05, 0.1) is 0 Å². The predicted molar refractivity (Wildman–Crippen MR) is 79.4 cm³/mol. The molecule has 0 atom stereocenters. The largest absolute Gasteiger partial charge is 0.359 e. The summed E-state index contributed by atoms with van der Waals surface area (Å²) < 4.78 is 28.5. The average Bonchev–Trinajstić information content (AvgIpc) is 3.14. The summed E-state index contributed by atoms with van der Waals surface area (Å²) in [6, 6.07) is 4.88. The Bertz CT molecular complexity index is 573. The molecule has 0 aliphatic heterocycles. The fraction of sp³-hybridized carbons (Fsp3) is 0.333. The quantitative estimate of drug-likeness (QED) is 0.707. The molecule has 1 saturated carbocycles. The molecule has 106 valence electrons. The normalized spacial score (nSPS) is 14.6. The molecule has 0 spiro atoms. The third-order valence-corrected chi connectivity index (χ3v) is 4.48. The minimum atomic E-state index is -0.525. The molecular formula is C15H14ClF2NS. The molecule has 1 aromatic carbocycles. The maximum absolute atomic E-state index is 14.2. The van der Waals surface area contributed by atoms with Gasteiger partial charge in [0.15, 0.2) is 0 Å². The van der Waals surface area contributed by atoms with Gasteiger partial charge in [0.1, 0.15) is 17.3 Å². The van der Waals surface area contributed by atoms with Crippen LogP contribution in [0, 0.1) is 11.6 Å². The van der Waals surface area contributed by atoms with E-state index in [-0.39, 0.29) is 17.6 Å². The topological polar surface area (TPSA) is 3.24 Å². The molecule has 1 aromatic heterocycles. The van der Waals surface area contributed by atoms with Crippen LogP contribution >= 0.6 is 22.9 Å². The van der Waals surface area contributed by atoms with Crippen molar-refractivity contribution < 1.29 is 8.78 Å². The first kappa shape index (κ1) is 13.8. The van der Waals surface area contributed by atoms with Crippen LogP contribution in [-0.2, 0) is 12.4 Å². The zero-order valence-electron chi connectivity index (χ0n) is 10.8. The van der Waals surface area contributed by atoms with Crippen LogP contribution in [0.15, 0.2) is 29.0 Å². The van der Waals surface area contributed by atoms with Crippen LogP contribution in [0.1, 0.15) is 24.0 Å². The minimum Gasteiger partial charge on any atom is -0.359 e. The smallest absolute Gasteiger partial charge is 0.149 e. The van der Waals surface area contributed by atoms with E-state index >= 15 is 0 Å². The second-order valence-corrected chi connectivity index (χ2v) is 6.08. The Labute approximate surface area is 125 Å². The maximum atomic E-state index is 14.2. The minimum absolute atomic E-state index is 0.0765. The zero-order chi connectivity index (χ0) is 14.1. The van der Waals surface area contributed by atoms with Crippen molar-refractivity contribution in [2.24, 2.45) is 0 Å². The molecule has 0 bridgehead atoms. The number of benzene rings is 1. The van der Waals surface area contributed by atoms with Crippen LogP contribution < -0.4 is 4.90 Å². The van der Waals surface area contributed by atoms with E-state index in [0.29, 0.717) is 12.1 Å². The Morgan fingerprint density at radius 2 is 1.90 bits per heavy atom. The Kier molecular flexibility index (Phi) is 3.94. The van der Waals surface area contributed by atoms with Crippen molar-refractivity contribution in [1.82, 2.24) is 0 Å². The second kappa shape index (κ2) is 5.70. The molecule has 0 N–H and O–H groups in total. The molecule has 20 heavy (non-hydrogen) atoms. The van der Waals surface area contributed by atoms with E-state index in [1.54, 1.807) is 11.3 Å². The fourth-order valence-corrected chi connectivity index (χ4v) is 3.14. The monoisotopic (exact) mass is 313 g/mol. The molecule has 0 unspecified atom stereocenters. The van der Waals surface area contributed by atoms with Crippen LogP contribution in [0.3, 0.4) is 0 Å². The molecule has 2 aromatic rings. The SMILES string of the molecule is Fc1cc(CCl)cc(F)c1N(Cc1ccsc1)C1CC1. The number of hydrogen-bond acceptors (Lipinski definition) is 2. The standard InChI is InChI=1S/C15H14ClF2NS/c16-7-11-5-13(17)15(14(18)6-11)19(12-1-2-12)8-10-3-4-20-9-10/h3-6,9,12H,1-2,7-8H2. The highest BCUT2D eigenvalue weighted by molar-refractivity contribution is 7.07. The van der Waals surface area contributed by atoms with Crippen LogP contribution in [-0.4, -0.2) is 6.04 Å². The Morgan fingerprint density at radius 1 is 1.20 bits per heavy atom. The van der Waals surface area contributed by atoms with Gasteiger partial charge in [0, 0.05) is 18.5 Å². The van der Waals surface area contributed by atoms with Gasteiger partial charge in [-0.15, -0.1) is 11.6 Å². The second-order valence-electron chi connectivity index (χ2n) is 5.03. The average molecular weight is 314 g/mol. The molecule has 1 heterocycles. The van der Waals surface area contributed by atoms with Gasteiger partial charge in [-0.2, -0.15) is 11.3 Å². The fourth-order valence-electron chi connectivity index (χ4n) is 2.33. The Hall–Kier alpha value is -1.13. The van der Waals surface area contributed by atoms with Crippen LogP contribution in [0.2, 0.25) is 0 Å². The maximum Gasteiger partial charge on any atom is 0.149 e. The van der Waals surface area contributed by atoms with E-state index < -0.39 is 11.6 Å². The lowest BCUT2D eigenvalue weighted by Gasteiger charge is -2.25. The van der Waals surface area contributed by atoms with Gasteiger partial charge in [-0.05, 0) is 52.9 Å². The summed E-state index contributed by atoms with van der Waals surface area (Å²) in [5.41, 5.74) is 1.63. The number of alkyl halides is 1. The molecule has 0 amide bonds. The van der Waals surface area contributed by atoms with Gasteiger partial charge in [0.2, 0.25) is 0 Å². The third kappa shape index (κ3) is 2.81. The van der Waals surface area contributed by atoms with Crippen LogP contribution in [0.25, 0.3) is 0 Å². The Morgan fingerprint density at radius 3 is 2.40 bits per heavy atom. The number of hydrogen-bond donors (Lipinski definition) is 0. The number of anilines is 1. The number of halogens is 3. The van der Waals surface area contributed by atoms with Crippen molar-refractivity contribution in [2.45, 2.75) is 31.3 Å².